The summed E-state index contributed by atoms with van der Waals surface area (Å²) in [4.78, 5) is 24.6. The Morgan fingerprint density at radius 2 is 2.19 bits per heavy atom. The predicted octanol–water partition coefficient (Wildman–Crippen LogP) is 0.439. The lowest BCUT2D eigenvalue weighted by Gasteiger charge is -2.39. The first-order valence-electron chi connectivity index (χ1n) is 5.77. The van der Waals surface area contributed by atoms with Crippen LogP contribution in [0.1, 0.15) is 32.6 Å². The summed E-state index contributed by atoms with van der Waals surface area (Å²) in [5.41, 5.74) is 4.58. The van der Waals surface area contributed by atoms with Crippen molar-refractivity contribution in [2.75, 3.05) is 19.6 Å². The van der Waals surface area contributed by atoms with Crippen molar-refractivity contribution in [3.8, 4) is 0 Å². The average molecular weight is 228 g/mol. The summed E-state index contributed by atoms with van der Waals surface area (Å²) in [5, 5.41) is 9.26. The van der Waals surface area contributed by atoms with Gasteiger partial charge in [-0.1, -0.05) is 6.92 Å². The van der Waals surface area contributed by atoms with Crippen LogP contribution in [-0.4, -0.2) is 41.5 Å². The molecule has 1 amide bonds. The third-order valence-electron chi connectivity index (χ3n) is 3.42. The normalized spacial score (nSPS) is 25.5. The van der Waals surface area contributed by atoms with Crippen molar-refractivity contribution in [2.45, 2.75) is 32.6 Å². The lowest BCUT2D eigenvalue weighted by molar-refractivity contribution is -0.155. The van der Waals surface area contributed by atoms with Gasteiger partial charge in [0.25, 0.3) is 0 Å². The lowest BCUT2D eigenvalue weighted by Crippen LogP contribution is -2.49. The van der Waals surface area contributed by atoms with Gasteiger partial charge in [-0.15, -0.1) is 0 Å². The van der Waals surface area contributed by atoms with E-state index in [1.807, 2.05) is 6.92 Å². The first kappa shape index (κ1) is 13.0. The van der Waals surface area contributed by atoms with Gasteiger partial charge in [-0.05, 0) is 19.3 Å². The molecule has 0 aromatic heterocycles. The zero-order valence-electron chi connectivity index (χ0n) is 9.74. The van der Waals surface area contributed by atoms with Gasteiger partial charge in [0.1, 0.15) is 0 Å². The molecule has 5 nitrogen and oxygen atoms in total. The summed E-state index contributed by atoms with van der Waals surface area (Å²) in [6.07, 6.45) is 2.29. The van der Waals surface area contributed by atoms with Crippen LogP contribution in [0.3, 0.4) is 0 Å². The maximum Gasteiger partial charge on any atom is 0.311 e. The van der Waals surface area contributed by atoms with Gasteiger partial charge in [-0.3, -0.25) is 9.59 Å². The van der Waals surface area contributed by atoms with Gasteiger partial charge in [0.15, 0.2) is 0 Å². The van der Waals surface area contributed by atoms with E-state index in [9.17, 15) is 14.7 Å². The third-order valence-corrected chi connectivity index (χ3v) is 3.42. The van der Waals surface area contributed by atoms with Crippen LogP contribution in [0.25, 0.3) is 0 Å². The number of aliphatic carboxylic acids is 1. The Morgan fingerprint density at radius 3 is 2.69 bits per heavy atom. The molecule has 0 radical (unpaired) electrons. The number of amides is 1. The summed E-state index contributed by atoms with van der Waals surface area (Å²) >= 11 is 0. The number of hydrogen-bond donors (Lipinski definition) is 2. The number of piperidine rings is 1. The Labute approximate surface area is 95.6 Å². The molecule has 3 N–H and O–H groups in total. The highest BCUT2D eigenvalue weighted by Gasteiger charge is 2.41. The maximum atomic E-state index is 11.7. The largest absolute Gasteiger partial charge is 0.481 e. The van der Waals surface area contributed by atoms with Crippen molar-refractivity contribution in [3.63, 3.8) is 0 Å². The molecule has 0 bridgehead atoms. The number of nitrogens with two attached hydrogens (primary N) is 1. The van der Waals surface area contributed by atoms with Crippen LogP contribution in [-0.2, 0) is 9.59 Å². The van der Waals surface area contributed by atoms with E-state index in [0.717, 1.165) is 6.42 Å². The van der Waals surface area contributed by atoms with Crippen molar-refractivity contribution < 1.29 is 14.7 Å². The second-order valence-electron chi connectivity index (χ2n) is 4.40. The van der Waals surface area contributed by atoms with Crippen LogP contribution in [0.4, 0.5) is 0 Å². The quantitative estimate of drug-likeness (QED) is 0.731. The van der Waals surface area contributed by atoms with E-state index in [-0.39, 0.29) is 5.91 Å². The number of rotatable bonds is 4. The van der Waals surface area contributed by atoms with E-state index < -0.39 is 11.4 Å². The molecule has 1 aliphatic heterocycles. The fourth-order valence-electron chi connectivity index (χ4n) is 2.24. The fourth-order valence-corrected chi connectivity index (χ4v) is 2.24. The molecule has 1 atom stereocenters. The van der Waals surface area contributed by atoms with Crippen LogP contribution >= 0.6 is 0 Å². The Morgan fingerprint density at radius 1 is 1.50 bits per heavy atom. The minimum Gasteiger partial charge on any atom is -0.481 e. The molecule has 5 heteroatoms. The number of carbonyl (C=O) groups excluding carboxylic acids is 1. The first-order valence-corrected chi connectivity index (χ1v) is 5.77. The Balaban J connectivity index is 2.72. The first-order chi connectivity index (χ1) is 7.55. The lowest BCUT2D eigenvalue weighted by atomic mass is 9.77. The topological polar surface area (TPSA) is 83.6 Å². The summed E-state index contributed by atoms with van der Waals surface area (Å²) < 4.78 is 0. The highest BCUT2D eigenvalue weighted by Crippen LogP contribution is 2.33. The molecule has 1 aliphatic rings. The van der Waals surface area contributed by atoms with Crippen molar-refractivity contribution in [2.24, 2.45) is 11.1 Å². The monoisotopic (exact) mass is 228 g/mol. The number of hydrogen-bond acceptors (Lipinski definition) is 3. The second-order valence-corrected chi connectivity index (χ2v) is 4.40. The summed E-state index contributed by atoms with van der Waals surface area (Å²) in [6.45, 7) is 3.18. The van der Waals surface area contributed by atoms with Gasteiger partial charge in [0.05, 0.1) is 5.41 Å². The predicted molar refractivity (Wildman–Crippen MR) is 59.8 cm³/mol. The smallest absolute Gasteiger partial charge is 0.311 e. The molecule has 0 spiro atoms. The number of likely N-dealkylation sites (tertiary alicyclic amines) is 1. The zero-order valence-corrected chi connectivity index (χ0v) is 9.74. The van der Waals surface area contributed by atoms with Gasteiger partial charge in [0.2, 0.25) is 5.91 Å². The maximum absolute atomic E-state index is 11.7. The van der Waals surface area contributed by atoms with Gasteiger partial charge >= 0.3 is 5.97 Å². The average Bonchev–Trinajstić information content (AvgIpc) is 2.29. The van der Waals surface area contributed by atoms with Gasteiger partial charge in [0, 0.05) is 26.1 Å². The van der Waals surface area contributed by atoms with E-state index >= 15 is 0 Å². The van der Waals surface area contributed by atoms with Crippen LogP contribution in [0, 0.1) is 5.41 Å². The number of nitrogens with zero attached hydrogens (tertiary/aromatic N) is 1. The van der Waals surface area contributed by atoms with E-state index in [4.69, 9.17) is 5.73 Å². The van der Waals surface area contributed by atoms with E-state index in [1.54, 1.807) is 4.90 Å². The molecule has 1 saturated heterocycles. The molecule has 92 valence electrons. The standard InChI is InChI=1S/C11H20N2O3/c1-2-11(10(15)16)5-3-7-13(8-11)9(14)4-6-12/h2-8,12H2,1H3,(H,15,16). The molecule has 0 saturated carbocycles. The van der Waals surface area contributed by atoms with Gasteiger partial charge < -0.3 is 15.7 Å². The Hall–Kier alpha value is -1.10. The summed E-state index contributed by atoms with van der Waals surface area (Å²) in [7, 11) is 0. The molecule has 16 heavy (non-hydrogen) atoms. The highest BCUT2D eigenvalue weighted by atomic mass is 16.4. The second kappa shape index (κ2) is 5.30. The van der Waals surface area contributed by atoms with Gasteiger partial charge in [-0.25, -0.2) is 0 Å². The van der Waals surface area contributed by atoms with Crippen molar-refractivity contribution in [1.82, 2.24) is 4.90 Å². The number of carboxylic acids is 1. The fraction of sp³-hybridized carbons (Fsp3) is 0.818. The molecule has 1 heterocycles. The minimum atomic E-state index is -0.791. The minimum absolute atomic E-state index is 0.0266. The molecule has 0 aromatic rings. The molecule has 0 aromatic carbocycles. The molecule has 1 unspecified atom stereocenters. The molecule has 0 aliphatic carbocycles. The molecular weight excluding hydrogens is 208 g/mol. The van der Waals surface area contributed by atoms with Crippen molar-refractivity contribution in [3.05, 3.63) is 0 Å². The third kappa shape index (κ3) is 2.52. The summed E-state index contributed by atoms with van der Waals surface area (Å²) in [6, 6.07) is 0. The Bertz CT molecular complexity index is 280. The van der Waals surface area contributed by atoms with Crippen LogP contribution in [0.5, 0.6) is 0 Å². The Kier molecular flexibility index (Phi) is 4.29. The molecular formula is C11H20N2O3. The number of carbonyl (C=O) groups is 2. The van der Waals surface area contributed by atoms with Crippen molar-refractivity contribution in [1.29, 1.82) is 0 Å². The number of carboxylic acid groups (broad SMARTS) is 1. The van der Waals surface area contributed by atoms with Crippen LogP contribution < -0.4 is 5.73 Å². The van der Waals surface area contributed by atoms with Crippen LogP contribution in [0.15, 0.2) is 0 Å². The molecule has 1 fully saturated rings. The van der Waals surface area contributed by atoms with Crippen LogP contribution in [0.2, 0.25) is 0 Å². The highest BCUT2D eigenvalue weighted by molar-refractivity contribution is 5.79. The summed E-state index contributed by atoms with van der Waals surface area (Å²) in [5.74, 6) is -0.818. The van der Waals surface area contributed by atoms with E-state index in [1.165, 1.54) is 0 Å². The van der Waals surface area contributed by atoms with E-state index in [0.29, 0.717) is 38.9 Å². The zero-order chi connectivity index (χ0) is 12.2. The van der Waals surface area contributed by atoms with E-state index in [2.05, 4.69) is 0 Å². The SMILES string of the molecule is CCC1(C(=O)O)CCCN(C(=O)CCN)C1. The van der Waals surface area contributed by atoms with Gasteiger partial charge in [-0.2, -0.15) is 0 Å². The van der Waals surface area contributed by atoms with Crippen molar-refractivity contribution >= 4 is 11.9 Å². The molecule has 1 rings (SSSR count).